The number of anilines is 1. The van der Waals surface area contributed by atoms with E-state index in [1.54, 1.807) is 0 Å². The van der Waals surface area contributed by atoms with Crippen molar-refractivity contribution in [3.05, 3.63) is 12.4 Å². The molecular weight excluding hydrogens is 262 g/mol. The molecule has 0 unspecified atom stereocenters. The lowest BCUT2D eigenvalue weighted by atomic mass is 10.5. The zero-order chi connectivity index (χ0) is 14.5. The molecule has 1 heterocycles. The first-order valence-corrected chi connectivity index (χ1v) is 6.54. The van der Waals surface area contributed by atoms with E-state index in [2.05, 4.69) is 20.6 Å². The molecule has 20 heavy (non-hydrogen) atoms. The van der Waals surface area contributed by atoms with Crippen LogP contribution < -0.4 is 10.6 Å². The van der Waals surface area contributed by atoms with Crippen LogP contribution in [0.4, 0.5) is 10.5 Å². The fourth-order valence-electron chi connectivity index (χ4n) is 1.87. The maximum absolute atomic E-state index is 11.6. The van der Waals surface area contributed by atoms with Gasteiger partial charge in [0.25, 0.3) is 0 Å². The summed E-state index contributed by atoms with van der Waals surface area (Å²) < 4.78 is 1.25. The molecule has 8 nitrogen and oxygen atoms in total. The van der Waals surface area contributed by atoms with Crippen molar-refractivity contribution in [1.29, 1.82) is 0 Å². The smallest absolute Gasteiger partial charge is 0.325 e. The number of amides is 2. The van der Waals surface area contributed by atoms with Crippen molar-refractivity contribution in [1.82, 2.24) is 20.0 Å². The second-order valence-electron chi connectivity index (χ2n) is 4.91. The average Bonchev–Trinajstić information content (AvgIpc) is 3.12. The second kappa shape index (κ2) is 6.38. The Morgan fingerprint density at radius 2 is 2.30 bits per heavy atom. The molecule has 2 rings (SSSR count). The minimum atomic E-state index is -0.979. The van der Waals surface area contributed by atoms with Crippen LogP contribution in [0.1, 0.15) is 12.8 Å². The Morgan fingerprint density at radius 1 is 1.55 bits per heavy atom. The molecule has 2 amide bonds. The van der Waals surface area contributed by atoms with Crippen LogP contribution in [0.15, 0.2) is 12.4 Å². The summed E-state index contributed by atoms with van der Waals surface area (Å²) in [6.45, 7) is 1.16. The first-order chi connectivity index (χ1) is 9.54. The average molecular weight is 281 g/mol. The Balaban J connectivity index is 1.68. The summed E-state index contributed by atoms with van der Waals surface area (Å²) in [7, 11) is 2.05. The number of likely N-dealkylation sites (N-methyl/N-ethyl adjacent to an activating group) is 1. The highest BCUT2D eigenvalue weighted by atomic mass is 16.4. The lowest BCUT2D eigenvalue weighted by molar-refractivity contribution is -0.137. The molecule has 0 bridgehead atoms. The van der Waals surface area contributed by atoms with E-state index in [0.717, 1.165) is 6.54 Å². The monoisotopic (exact) mass is 281 g/mol. The Labute approximate surface area is 116 Å². The van der Waals surface area contributed by atoms with Crippen molar-refractivity contribution >= 4 is 17.7 Å². The highest BCUT2D eigenvalue weighted by Gasteiger charge is 2.25. The van der Waals surface area contributed by atoms with Gasteiger partial charge in [-0.25, -0.2) is 4.79 Å². The number of rotatable bonds is 7. The first-order valence-electron chi connectivity index (χ1n) is 6.54. The Bertz CT molecular complexity index is 483. The first kappa shape index (κ1) is 14.3. The molecule has 1 aromatic rings. The van der Waals surface area contributed by atoms with Gasteiger partial charge in [0.05, 0.1) is 11.9 Å². The molecule has 1 aliphatic carbocycles. The molecular formula is C12H19N5O3. The zero-order valence-corrected chi connectivity index (χ0v) is 11.4. The minimum Gasteiger partial charge on any atom is -0.480 e. The van der Waals surface area contributed by atoms with Gasteiger partial charge in [0.1, 0.15) is 6.54 Å². The van der Waals surface area contributed by atoms with E-state index in [0.29, 0.717) is 18.3 Å². The summed E-state index contributed by atoms with van der Waals surface area (Å²) in [4.78, 5) is 24.3. The zero-order valence-electron chi connectivity index (χ0n) is 11.4. The van der Waals surface area contributed by atoms with Crippen LogP contribution in [0.25, 0.3) is 0 Å². The van der Waals surface area contributed by atoms with Gasteiger partial charge in [0.2, 0.25) is 0 Å². The van der Waals surface area contributed by atoms with Gasteiger partial charge in [-0.1, -0.05) is 0 Å². The number of hydrogen-bond acceptors (Lipinski definition) is 4. The maximum atomic E-state index is 11.6. The third-order valence-electron chi connectivity index (χ3n) is 3.11. The third-order valence-corrected chi connectivity index (χ3v) is 3.11. The fraction of sp³-hybridized carbons (Fsp3) is 0.583. The predicted octanol–water partition coefficient (Wildman–Crippen LogP) is 0.183. The van der Waals surface area contributed by atoms with Gasteiger partial charge in [0.15, 0.2) is 0 Å². The molecule has 110 valence electrons. The quantitative estimate of drug-likeness (QED) is 0.662. The van der Waals surface area contributed by atoms with Crippen molar-refractivity contribution in [3.8, 4) is 0 Å². The highest BCUT2D eigenvalue weighted by molar-refractivity contribution is 5.88. The van der Waals surface area contributed by atoms with Gasteiger partial charge in [-0.2, -0.15) is 5.10 Å². The molecule has 1 aliphatic rings. The maximum Gasteiger partial charge on any atom is 0.325 e. The summed E-state index contributed by atoms with van der Waals surface area (Å²) in [5.41, 5.74) is 0.472. The van der Waals surface area contributed by atoms with E-state index in [1.807, 2.05) is 7.05 Å². The van der Waals surface area contributed by atoms with Crippen LogP contribution in [0.2, 0.25) is 0 Å². The summed E-state index contributed by atoms with van der Waals surface area (Å²) in [5.74, 6) is -0.979. The normalized spacial score (nSPS) is 14.3. The van der Waals surface area contributed by atoms with E-state index in [9.17, 15) is 9.59 Å². The van der Waals surface area contributed by atoms with Crippen LogP contribution in [0.3, 0.4) is 0 Å². The number of carboxylic acids is 1. The molecule has 8 heteroatoms. The molecule has 1 saturated carbocycles. The minimum absolute atomic E-state index is 0.227. The van der Waals surface area contributed by atoms with Crippen molar-refractivity contribution in [2.75, 3.05) is 25.5 Å². The highest BCUT2D eigenvalue weighted by Crippen LogP contribution is 2.24. The molecule has 1 aromatic heterocycles. The molecule has 1 fully saturated rings. The molecule has 0 spiro atoms. The number of nitrogens with one attached hydrogen (secondary N) is 2. The lowest BCUT2D eigenvalue weighted by Gasteiger charge is -2.15. The Hall–Kier alpha value is -2.09. The molecule has 0 aliphatic heterocycles. The van der Waals surface area contributed by atoms with Gasteiger partial charge >= 0.3 is 12.0 Å². The Morgan fingerprint density at radius 3 is 2.95 bits per heavy atom. The van der Waals surface area contributed by atoms with Crippen molar-refractivity contribution in [2.45, 2.75) is 25.4 Å². The number of carbonyl (C=O) groups is 2. The van der Waals surface area contributed by atoms with Crippen molar-refractivity contribution in [2.24, 2.45) is 0 Å². The third kappa shape index (κ3) is 4.54. The summed E-state index contributed by atoms with van der Waals surface area (Å²) in [6.07, 6.45) is 5.37. The van der Waals surface area contributed by atoms with Crippen molar-refractivity contribution in [3.63, 3.8) is 0 Å². The number of hydrogen-bond donors (Lipinski definition) is 3. The SMILES string of the molecule is CN(CCNC(=O)Nc1cnn(CC(=O)O)c1)C1CC1. The Kier molecular flexibility index (Phi) is 4.57. The van der Waals surface area contributed by atoms with Gasteiger partial charge in [-0.3, -0.25) is 9.48 Å². The van der Waals surface area contributed by atoms with E-state index in [4.69, 9.17) is 5.11 Å². The number of carbonyl (C=O) groups excluding carboxylic acids is 1. The van der Waals surface area contributed by atoms with Crippen LogP contribution in [-0.2, 0) is 11.3 Å². The topological polar surface area (TPSA) is 99.5 Å². The number of aromatic nitrogens is 2. The van der Waals surface area contributed by atoms with E-state index < -0.39 is 5.97 Å². The predicted molar refractivity (Wildman–Crippen MR) is 72.5 cm³/mol. The second-order valence-corrected chi connectivity index (χ2v) is 4.91. The standard InChI is InChI=1S/C12H19N5O3/c1-16(10-2-3-10)5-4-13-12(20)15-9-6-14-17(7-9)8-11(18)19/h6-7,10H,2-5,8H2,1H3,(H,18,19)(H2,13,15,20). The van der Waals surface area contributed by atoms with Gasteiger partial charge < -0.3 is 20.6 Å². The van der Waals surface area contributed by atoms with Gasteiger partial charge in [0, 0.05) is 25.3 Å². The van der Waals surface area contributed by atoms with Crippen LogP contribution in [0.5, 0.6) is 0 Å². The number of urea groups is 1. The number of nitrogens with zero attached hydrogens (tertiary/aromatic N) is 3. The summed E-state index contributed by atoms with van der Waals surface area (Å²) >= 11 is 0. The van der Waals surface area contributed by atoms with Crippen LogP contribution in [0, 0.1) is 0 Å². The number of carboxylic acid groups (broad SMARTS) is 1. The molecule has 0 radical (unpaired) electrons. The fourth-order valence-corrected chi connectivity index (χ4v) is 1.87. The molecule has 0 aromatic carbocycles. The lowest BCUT2D eigenvalue weighted by Crippen LogP contribution is -2.36. The molecule has 0 atom stereocenters. The van der Waals surface area contributed by atoms with E-state index in [1.165, 1.54) is 29.9 Å². The largest absolute Gasteiger partial charge is 0.480 e. The number of aliphatic carboxylic acids is 1. The van der Waals surface area contributed by atoms with Crippen molar-refractivity contribution < 1.29 is 14.7 Å². The van der Waals surface area contributed by atoms with E-state index >= 15 is 0 Å². The van der Waals surface area contributed by atoms with Gasteiger partial charge in [-0.05, 0) is 19.9 Å². The summed E-state index contributed by atoms with van der Waals surface area (Å²) in [6, 6.07) is 0.359. The summed E-state index contributed by atoms with van der Waals surface area (Å²) in [5, 5.41) is 17.8. The molecule has 3 N–H and O–H groups in total. The molecule has 0 saturated heterocycles. The van der Waals surface area contributed by atoms with Crippen LogP contribution in [-0.4, -0.2) is 58.0 Å². The van der Waals surface area contributed by atoms with Crippen LogP contribution >= 0.6 is 0 Å². The van der Waals surface area contributed by atoms with Gasteiger partial charge in [-0.15, -0.1) is 0 Å². The van der Waals surface area contributed by atoms with E-state index in [-0.39, 0.29) is 12.6 Å².